The second kappa shape index (κ2) is 10.8. The Bertz CT molecular complexity index is 1310. The molecule has 2 aromatic carbocycles. The number of nitrogens with zero attached hydrogens (tertiary/aromatic N) is 2. The molecule has 1 saturated heterocycles. The topological polar surface area (TPSA) is 80.6 Å². The summed E-state index contributed by atoms with van der Waals surface area (Å²) < 4.78 is 36.3. The van der Waals surface area contributed by atoms with Crippen molar-refractivity contribution in [2.75, 3.05) is 13.2 Å². The number of carbonyl (C=O) groups is 3. The van der Waals surface area contributed by atoms with Gasteiger partial charge in [-0.2, -0.15) is 0 Å². The number of ether oxygens (including phenoxy) is 1. The second-order valence-corrected chi connectivity index (χ2v) is 9.01. The molecule has 7 nitrogen and oxygen atoms in total. The Labute approximate surface area is 212 Å². The van der Waals surface area contributed by atoms with Crippen molar-refractivity contribution in [1.82, 2.24) is 14.8 Å². The highest BCUT2D eigenvalue weighted by molar-refractivity contribution is 6.30. The first-order valence-corrected chi connectivity index (χ1v) is 11.9. The summed E-state index contributed by atoms with van der Waals surface area (Å²) in [6, 6.07) is 10.3. The maximum atomic E-state index is 15.0. The Morgan fingerprint density at radius 3 is 2.64 bits per heavy atom. The van der Waals surface area contributed by atoms with E-state index < -0.39 is 35.9 Å². The highest BCUT2D eigenvalue weighted by atomic mass is 35.5. The number of alkyl halides is 1. The van der Waals surface area contributed by atoms with Crippen LogP contribution in [0.1, 0.15) is 29.8 Å². The van der Waals surface area contributed by atoms with Gasteiger partial charge in [0.1, 0.15) is 30.7 Å². The molecule has 0 spiro atoms. The van der Waals surface area contributed by atoms with Crippen LogP contribution in [-0.4, -0.2) is 58.5 Å². The maximum absolute atomic E-state index is 15.0. The van der Waals surface area contributed by atoms with E-state index in [1.165, 1.54) is 19.1 Å². The Morgan fingerprint density at radius 1 is 1.17 bits per heavy atom. The molecule has 1 aromatic heterocycles. The molecule has 0 saturated carbocycles. The number of hydrogen-bond donors (Lipinski definition) is 1. The number of aromatic nitrogens is 1. The molecule has 10 heteroatoms. The van der Waals surface area contributed by atoms with E-state index in [4.69, 9.17) is 16.3 Å². The standard InChI is InChI=1S/C26H26ClF2N3O4/c1-3-36-25-20(28)13-32(24(25)26(35)30-11-16-7-6-9-19(27)23(16)29)22(34)14-31-12-18(15(2)33)17-8-4-5-10-21(17)31/h4-10,12,20,24-25H,3,11,13-14H2,1-2H3,(H,30,35)/t20-,24-,25+/m0/s1. The smallest absolute Gasteiger partial charge is 0.245 e. The molecule has 0 aliphatic carbocycles. The predicted octanol–water partition coefficient (Wildman–Crippen LogP) is 3.91. The van der Waals surface area contributed by atoms with Crippen molar-refractivity contribution < 1.29 is 27.9 Å². The summed E-state index contributed by atoms with van der Waals surface area (Å²) in [7, 11) is 0. The van der Waals surface area contributed by atoms with Gasteiger partial charge in [-0.25, -0.2) is 8.78 Å². The molecule has 190 valence electrons. The van der Waals surface area contributed by atoms with Gasteiger partial charge in [-0.05, 0) is 26.0 Å². The van der Waals surface area contributed by atoms with Crippen molar-refractivity contribution in [3.8, 4) is 0 Å². The van der Waals surface area contributed by atoms with Crippen LogP contribution in [0.3, 0.4) is 0 Å². The number of carbonyl (C=O) groups excluding carboxylic acids is 3. The monoisotopic (exact) mass is 517 g/mol. The summed E-state index contributed by atoms with van der Waals surface area (Å²) in [4.78, 5) is 39.8. The van der Waals surface area contributed by atoms with Crippen LogP contribution < -0.4 is 5.32 Å². The lowest BCUT2D eigenvalue weighted by Crippen LogP contribution is -2.51. The van der Waals surface area contributed by atoms with Crippen LogP contribution in [-0.2, 0) is 27.4 Å². The molecule has 4 rings (SSSR count). The van der Waals surface area contributed by atoms with E-state index in [-0.39, 0.29) is 42.6 Å². The van der Waals surface area contributed by atoms with E-state index in [9.17, 15) is 23.2 Å². The van der Waals surface area contributed by atoms with E-state index in [0.29, 0.717) is 16.5 Å². The highest BCUT2D eigenvalue weighted by Gasteiger charge is 2.49. The summed E-state index contributed by atoms with van der Waals surface area (Å²) in [5.41, 5.74) is 1.30. The molecular weight excluding hydrogens is 492 g/mol. The van der Waals surface area contributed by atoms with Gasteiger partial charge in [-0.15, -0.1) is 0 Å². The number of fused-ring (bicyclic) bond motifs is 1. The largest absolute Gasteiger partial charge is 0.373 e. The fraction of sp³-hybridized carbons (Fsp3) is 0.346. The summed E-state index contributed by atoms with van der Waals surface area (Å²) in [5, 5.41) is 3.20. The van der Waals surface area contributed by atoms with Gasteiger partial charge in [0.2, 0.25) is 11.8 Å². The Morgan fingerprint density at radius 2 is 1.92 bits per heavy atom. The van der Waals surface area contributed by atoms with Crippen LogP contribution in [0, 0.1) is 5.82 Å². The molecule has 2 heterocycles. The normalized spacial score (nSPS) is 19.6. The van der Waals surface area contributed by atoms with Gasteiger partial charge in [0.25, 0.3) is 0 Å². The number of hydrogen-bond acceptors (Lipinski definition) is 4. The minimum atomic E-state index is -1.58. The first-order valence-electron chi connectivity index (χ1n) is 11.6. The van der Waals surface area contributed by atoms with E-state index in [1.807, 2.05) is 0 Å². The van der Waals surface area contributed by atoms with Gasteiger partial charge in [0, 0.05) is 41.4 Å². The Hall–Kier alpha value is -3.30. The molecule has 3 aromatic rings. The average Bonchev–Trinajstić information content (AvgIpc) is 3.38. The van der Waals surface area contributed by atoms with Crippen LogP contribution in [0.5, 0.6) is 0 Å². The fourth-order valence-electron chi connectivity index (χ4n) is 4.58. The van der Waals surface area contributed by atoms with Crippen molar-refractivity contribution in [3.63, 3.8) is 0 Å². The van der Waals surface area contributed by atoms with Crippen molar-refractivity contribution in [3.05, 3.63) is 70.6 Å². The molecule has 1 fully saturated rings. The molecular formula is C26H26ClF2N3O4. The number of amides is 2. The predicted molar refractivity (Wildman–Crippen MR) is 131 cm³/mol. The fourth-order valence-corrected chi connectivity index (χ4v) is 4.78. The first-order chi connectivity index (χ1) is 17.2. The molecule has 1 aliphatic heterocycles. The lowest BCUT2D eigenvalue weighted by atomic mass is 10.1. The second-order valence-electron chi connectivity index (χ2n) is 8.60. The van der Waals surface area contributed by atoms with Gasteiger partial charge in [-0.3, -0.25) is 14.4 Å². The number of likely N-dealkylation sites (tertiary alicyclic amines) is 1. The van der Waals surface area contributed by atoms with Gasteiger partial charge in [0.05, 0.1) is 11.6 Å². The molecule has 0 unspecified atom stereocenters. The molecule has 0 bridgehead atoms. The van der Waals surface area contributed by atoms with E-state index in [1.54, 1.807) is 48.0 Å². The number of ketones is 1. The van der Waals surface area contributed by atoms with Crippen molar-refractivity contribution in [2.45, 2.75) is 45.3 Å². The van der Waals surface area contributed by atoms with E-state index >= 15 is 0 Å². The van der Waals surface area contributed by atoms with Crippen LogP contribution in [0.4, 0.5) is 8.78 Å². The zero-order valence-electron chi connectivity index (χ0n) is 19.8. The number of halogens is 3. The quantitative estimate of drug-likeness (QED) is 0.459. The summed E-state index contributed by atoms with van der Waals surface area (Å²) >= 11 is 5.81. The molecule has 1 aliphatic rings. The van der Waals surface area contributed by atoms with Crippen LogP contribution >= 0.6 is 11.6 Å². The highest BCUT2D eigenvalue weighted by Crippen LogP contribution is 2.27. The molecule has 36 heavy (non-hydrogen) atoms. The zero-order chi connectivity index (χ0) is 26.0. The number of nitrogens with one attached hydrogen (secondary N) is 1. The molecule has 2 amide bonds. The summed E-state index contributed by atoms with van der Waals surface area (Å²) in [6.45, 7) is 2.53. The Kier molecular flexibility index (Phi) is 7.70. The maximum Gasteiger partial charge on any atom is 0.245 e. The first kappa shape index (κ1) is 25.8. The van der Waals surface area contributed by atoms with E-state index in [2.05, 4.69) is 5.32 Å². The third-order valence-corrected chi connectivity index (χ3v) is 6.57. The average molecular weight is 518 g/mol. The van der Waals surface area contributed by atoms with Gasteiger partial charge in [-0.1, -0.05) is 41.9 Å². The lowest BCUT2D eigenvalue weighted by molar-refractivity contribution is -0.142. The SMILES string of the molecule is CCO[C@H]1[C@@H](C(=O)NCc2cccc(Cl)c2F)N(C(=O)Cn2cc(C(C)=O)c3ccccc32)C[C@@H]1F. The summed E-state index contributed by atoms with van der Waals surface area (Å²) in [5.74, 6) is -1.98. The number of Topliss-reactive ketones (excluding diaryl/α,β-unsaturated/α-hetero) is 1. The molecule has 0 radical (unpaired) electrons. The number of para-hydroxylation sites is 1. The minimum Gasteiger partial charge on any atom is -0.373 e. The third kappa shape index (κ3) is 4.99. The number of rotatable bonds is 8. The van der Waals surface area contributed by atoms with Crippen LogP contribution in [0.25, 0.3) is 10.9 Å². The third-order valence-electron chi connectivity index (χ3n) is 6.28. The zero-order valence-corrected chi connectivity index (χ0v) is 20.6. The van der Waals surface area contributed by atoms with Crippen molar-refractivity contribution in [1.29, 1.82) is 0 Å². The minimum absolute atomic E-state index is 0.0840. The van der Waals surface area contributed by atoms with Crippen molar-refractivity contribution >= 4 is 40.1 Å². The van der Waals surface area contributed by atoms with Crippen LogP contribution in [0.2, 0.25) is 5.02 Å². The van der Waals surface area contributed by atoms with Gasteiger partial charge >= 0.3 is 0 Å². The van der Waals surface area contributed by atoms with E-state index in [0.717, 1.165) is 4.90 Å². The van der Waals surface area contributed by atoms with Gasteiger partial charge < -0.3 is 19.5 Å². The van der Waals surface area contributed by atoms with Crippen molar-refractivity contribution in [2.24, 2.45) is 0 Å². The molecule has 3 atom stereocenters. The molecule has 1 N–H and O–H groups in total. The van der Waals surface area contributed by atoms with Crippen LogP contribution in [0.15, 0.2) is 48.7 Å². The van der Waals surface area contributed by atoms with Gasteiger partial charge in [0.15, 0.2) is 5.78 Å². The number of benzene rings is 2. The summed E-state index contributed by atoms with van der Waals surface area (Å²) in [6.07, 6.45) is -1.16. The Balaban J connectivity index is 1.58. The lowest BCUT2D eigenvalue weighted by Gasteiger charge is -2.27.